The third kappa shape index (κ3) is 1.90. The van der Waals surface area contributed by atoms with Crippen molar-refractivity contribution in [2.45, 2.75) is 26.7 Å². The molecule has 0 unspecified atom stereocenters. The largest absolute Gasteiger partial charge is 0.481 e. The Kier molecular flexibility index (Phi) is 2.94. The van der Waals surface area contributed by atoms with Crippen LogP contribution in [0.1, 0.15) is 23.2 Å². The van der Waals surface area contributed by atoms with Gasteiger partial charge in [-0.05, 0) is 31.4 Å². The highest BCUT2D eigenvalue weighted by Crippen LogP contribution is 2.20. The van der Waals surface area contributed by atoms with Gasteiger partial charge >= 0.3 is 5.97 Å². The van der Waals surface area contributed by atoms with Crippen LogP contribution in [0.4, 0.5) is 0 Å². The molecule has 0 radical (unpaired) electrons. The number of carbonyl (C=O) groups is 1. The zero-order valence-corrected chi connectivity index (χ0v) is 10.6. The van der Waals surface area contributed by atoms with Crippen molar-refractivity contribution < 1.29 is 9.90 Å². The minimum absolute atomic E-state index is 0.0413. The Bertz CT molecular complexity index is 682. The number of pyridine rings is 1. The molecular formula is C12H15N3O3. The SMILES string of the molecule is Cc1nc2[nH]n(C)c(=O)c2c(C)c1CCC(=O)O. The van der Waals surface area contributed by atoms with Gasteiger partial charge < -0.3 is 5.11 Å². The molecule has 2 aromatic heterocycles. The van der Waals surface area contributed by atoms with E-state index >= 15 is 0 Å². The number of carboxylic acids is 1. The van der Waals surface area contributed by atoms with Crippen LogP contribution >= 0.6 is 0 Å². The molecule has 2 heterocycles. The molecule has 2 N–H and O–H groups in total. The van der Waals surface area contributed by atoms with Crippen LogP contribution < -0.4 is 5.56 Å². The van der Waals surface area contributed by atoms with Gasteiger partial charge in [-0.3, -0.25) is 19.4 Å². The van der Waals surface area contributed by atoms with Crippen LogP contribution in [-0.4, -0.2) is 25.8 Å². The van der Waals surface area contributed by atoms with Gasteiger partial charge in [0.05, 0.1) is 5.39 Å². The molecule has 2 rings (SSSR count). The van der Waals surface area contributed by atoms with E-state index in [1.165, 1.54) is 4.68 Å². The molecule has 0 aliphatic heterocycles. The van der Waals surface area contributed by atoms with E-state index in [0.29, 0.717) is 17.5 Å². The Morgan fingerprint density at radius 3 is 2.72 bits per heavy atom. The van der Waals surface area contributed by atoms with Gasteiger partial charge in [0.1, 0.15) is 0 Å². The number of nitrogens with zero attached hydrogens (tertiary/aromatic N) is 2. The molecule has 6 nitrogen and oxygen atoms in total. The van der Waals surface area contributed by atoms with Crippen LogP contribution in [0.2, 0.25) is 0 Å². The average molecular weight is 249 g/mol. The zero-order chi connectivity index (χ0) is 13.4. The molecule has 6 heteroatoms. The standard InChI is InChI=1S/C12H15N3O3/c1-6-8(4-5-9(16)17)7(2)13-11-10(6)12(18)15(3)14-11/h4-5H2,1-3H3,(H,13,14)(H,16,17). The summed E-state index contributed by atoms with van der Waals surface area (Å²) < 4.78 is 1.38. The van der Waals surface area contributed by atoms with Gasteiger partial charge in [-0.15, -0.1) is 0 Å². The van der Waals surface area contributed by atoms with Crippen molar-refractivity contribution >= 4 is 17.0 Å². The summed E-state index contributed by atoms with van der Waals surface area (Å²) >= 11 is 0. The Morgan fingerprint density at radius 2 is 2.11 bits per heavy atom. The van der Waals surface area contributed by atoms with E-state index in [1.54, 1.807) is 7.05 Å². The first kappa shape index (κ1) is 12.3. The number of nitrogens with one attached hydrogen (secondary N) is 1. The van der Waals surface area contributed by atoms with Gasteiger partial charge in [-0.2, -0.15) is 0 Å². The summed E-state index contributed by atoms with van der Waals surface area (Å²) in [6, 6.07) is 0. The summed E-state index contributed by atoms with van der Waals surface area (Å²) in [6.45, 7) is 3.67. The van der Waals surface area contributed by atoms with E-state index in [9.17, 15) is 9.59 Å². The van der Waals surface area contributed by atoms with E-state index in [-0.39, 0.29) is 12.0 Å². The van der Waals surface area contributed by atoms with Gasteiger partial charge in [0.2, 0.25) is 0 Å². The summed E-state index contributed by atoms with van der Waals surface area (Å²) in [6.07, 6.45) is 0.434. The molecule has 0 bridgehead atoms. The monoisotopic (exact) mass is 249 g/mol. The maximum absolute atomic E-state index is 11.9. The first-order valence-electron chi connectivity index (χ1n) is 5.68. The zero-order valence-electron chi connectivity index (χ0n) is 10.6. The minimum atomic E-state index is -0.851. The highest BCUT2D eigenvalue weighted by Gasteiger charge is 2.15. The topological polar surface area (TPSA) is 88.0 Å². The number of H-pyrrole nitrogens is 1. The van der Waals surface area contributed by atoms with Crippen LogP contribution in [0.15, 0.2) is 4.79 Å². The highest BCUT2D eigenvalue weighted by atomic mass is 16.4. The van der Waals surface area contributed by atoms with Crippen LogP contribution in [0.5, 0.6) is 0 Å². The second-order valence-corrected chi connectivity index (χ2v) is 4.39. The Hall–Kier alpha value is -2.11. The van der Waals surface area contributed by atoms with Gasteiger partial charge in [-0.25, -0.2) is 4.98 Å². The van der Waals surface area contributed by atoms with Crippen molar-refractivity contribution in [3.63, 3.8) is 0 Å². The van der Waals surface area contributed by atoms with Crippen LogP contribution in [-0.2, 0) is 18.3 Å². The number of aromatic amines is 1. The first-order valence-corrected chi connectivity index (χ1v) is 5.68. The summed E-state index contributed by atoms with van der Waals surface area (Å²) in [5.74, 6) is -0.851. The Balaban J connectivity index is 2.63. The van der Waals surface area contributed by atoms with Gasteiger partial charge in [0.25, 0.3) is 5.56 Å². The summed E-state index contributed by atoms with van der Waals surface area (Å²) in [5.41, 5.74) is 2.86. The van der Waals surface area contributed by atoms with Crippen molar-refractivity contribution in [3.05, 3.63) is 27.2 Å². The Labute approximate surface area is 103 Å². The molecule has 18 heavy (non-hydrogen) atoms. The van der Waals surface area contributed by atoms with Crippen molar-refractivity contribution in [1.29, 1.82) is 0 Å². The molecule has 96 valence electrons. The number of hydrogen-bond donors (Lipinski definition) is 2. The number of hydrogen-bond acceptors (Lipinski definition) is 3. The molecule has 0 aliphatic carbocycles. The maximum atomic E-state index is 11.9. The van der Waals surface area contributed by atoms with E-state index < -0.39 is 5.97 Å². The molecule has 0 amide bonds. The van der Waals surface area contributed by atoms with Crippen LogP contribution in [0, 0.1) is 13.8 Å². The first-order chi connectivity index (χ1) is 8.41. The number of aryl methyl sites for hydroxylation is 3. The predicted octanol–water partition coefficient (Wildman–Crippen LogP) is 0.896. The normalized spacial score (nSPS) is 11.1. The number of carboxylic acid groups (broad SMARTS) is 1. The second kappa shape index (κ2) is 4.29. The predicted molar refractivity (Wildman–Crippen MR) is 66.8 cm³/mol. The molecule has 0 saturated carbocycles. The lowest BCUT2D eigenvalue weighted by Gasteiger charge is -2.08. The van der Waals surface area contributed by atoms with E-state index in [1.807, 2.05) is 13.8 Å². The molecule has 0 aromatic carbocycles. The van der Waals surface area contributed by atoms with Crippen LogP contribution in [0.25, 0.3) is 11.0 Å². The number of rotatable bonds is 3. The van der Waals surface area contributed by atoms with Gasteiger partial charge in [-0.1, -0.05) is 0 Å². The lowest BCUT2D eigenvalue weighted by atomic mass is 10.0. The number of aliphatic carboxylic acids is 1. The Morgan fingerprint density at radius 1 is 1.44 bits per heavy atom. The van der Waals surface area contributed by atoms with Crippen molar-refractivity contribution in [2.75, 3.05) is 0 Å². The fraction of sp³-hybridized carbons (Fsp3) is 0.417. The third-order valence-corrected chi connectivity index (χ3v) is 3.16. The summed E-state index contributed by atoms with van der Waals surface area (Å²) in [7, 11) is 1.63. The number of fused-ring (bicyclic) bond motifs is 1. The van der Waals surface area contributed by atoms with E-state index in [2.05, 4.69) is 10.1 Å². The van der Waals surface area contributed by atoms with Crippen LogP contribution in [0.3, 0.4) is 0 Å². The van der Waals surface area contributed by atoms with Gasteiger partial charge in [0.15, 0.2) is 5.65 Å². The highest BCUT2D eigenvalue weighted by molar-refractivity contribution is 5.80. The summed E-state index contributed by atoms with van der Waals surface area (Å²) in [5, 5.41) is 12.2. The molecule has 0 atom stereocenters. The minimum Gasteiger partial charge on any atom is -0.481 e. The quantitative estimate of drug-likeness (QED) is 0.845. The lowest BCUT2D eigenvalue weighted by molar-refractivity contribution is -0.136. The lowest BCUT2D eigenvalue weighted by Crippen LogP contribution is -2.12. The van der Waals surface area contributed by atoms with E-state index in [0.717, 1.165) is 16.8 Å². The maximum Gasteiger partial charge on any atom is 0.303 e. The molecule has 0 fully saturated rings. The fourth-order valence-electron chi connectivity index (χ4n) is 2.21. The smallest absolute Gasteiger partial charge is 0.303 e. The summed E-state index contributed by atoms with van der Waals surface area (Å²) in [4.78, 5) is 26.9. The molecular weight excluding hydrogens is 234 g/mol. The molecule has 0 spiro atoms. The van der Waals surface area contributed by atoms with E-state index in [4.69, 9.17) is 5.11 Å². The second-order valence-electron chi connectivity index (χ2n) is 4.39. The van der Waals surface area contributed by atoms with Crippen molar-refractivity contribution in [2.24, 2.45) is 7.05 Å². The van der Waals surface area contributed by atoms with Crippen molar-refractivity contribution in [3.8, 4) is 0 Å². The van der Waals surface area contributed by atoms with Gasteiger partial charge in [0, 0.05) is 19.2 Å². The molecule has 0 aliphatic rings. The molecule has 0 saturated heterocycles. The molecule has 2 aromatic rings. The fourth-order valence-corrected chi connectivity index (χ4v) is 2.21. The average Bonchev–Trinajstić information content (AvgIpc) is 2.53. The third-order valence-electron chi connectivity index (χ3n) is 3.16. The van der Waals surface area contributed by atoms with Crippen molar-refractivity contribution in [1.82, 2.24) is 14.8 Å². The number of aromatic nitrogens is 3.